The summed E-state index contributed by atoms with van der Waals surface area (Å²) in [5.41, 5.74) is 0.822. The highest BCUT2D eigenvalue weighted by Gasteiger charge is 2.55. The van der Waals surface area contributed by atoms with Crippen molar-refractivity contribution in [1.82, 2.24) is 19.7 Å². The molecule has 1 N–H and O–H groups in total. The number of likely N-dealkylation sites (tertiary alicyclic amines) is 1. The van der Waals surface area contributed by atoms with Crippen LogP contribution in [-0.4, -0.2) is 66.1 Å². The van der Waals surface area contributed by atoms with Gasteiger partial charge >= 0.3 is 6.03 Å². The number of amides is 4. The summed E-state index contributed by atoms with van der Waals surface area (Å²) in [6, 6.07) is 19.2. The molecule has 6 rings (SSSR count). The van der Waals surface area contributed by atoms with Crippen molar-refractivity contribution in [2.45, 2.75) is 31.8 Å². The average molecular weight is 571 g/mol. The first-order chi connectivity index (χ1) is 20.3. The van der Waals surface area contributed by atoms with Crippen LogP contribution in [0.4, 0.5) is 4.79 Å². The Hall–Kier alpha value is -4.44. The van der Waals surface area contributed by atoms with E-state index in [0.717, 1.165) is 22.6 Å². The second kappa shape index (κ2) is 11.1. The zero-order chi connectivity index (χ0) is 29.4. The van der Waals surface area contributed by atoms with Crippen LogP contribution in [-0.2, 0) is 29.1 Å². The van der Waals surface area contributed by atoms with E-state index in [4.69, 9.17) is 9.47 Å². The third-order valence-corrected chi connectivity index (χ3v) is 8.77. The molecular weight excluding hydrogens is 536 g/mol. The largest absolute Gasteiger partial charge is 0.497 e. The van der Waals surface area contributed by atoms with Crippen LogP contribution in [0.15, 0.2) is 71.5 Å². The molecule has 4 heterocycles. The zero-order valence-corrected chi connectivity index (χ0v) is 23.7. The first-order valence-corrected chi connectivity index (χ1v) is 14.2. The molecular formula is C32H34N4O6. The van der Waals surface area contributed by atoms with Gasteiger partial charge in [0.15, 0.2) is 0 Å². The molecule has 10 nitrogen and oxygen atoms in total. The number of fused-ring (bicyclic) bond motifs is 4. The Morgan fingerprint density at radius 1 is 0.905 bits per heavy atom. The first-order valence-electron chi connectivity index (χ1n) is 14.2. The van der Waals surface area contributed by atoms with E-state index in [2.05, 4.69) is 10.2 Å². The fraction of sp³-hybridized carbons (Fsp3) is 0.375. The smallest absolute Gasteiger partial charge is 0.331 e. The van der Waals surface area contributed by atoms with Crippen molar-refractivity contribution in [2.24, 2.45) is 11.3 Å². The minimum absolute atomic E-state index is 0.00405. The number of benzene rings is 2. The third kappa shape index (κ3) is 4.96. The van der Waals surface area contributed by atoms with Crippen molar-refractivity contribution in [3.63, 3.8) is 0 Å². The van der Waals surface area contributed by atoms with Crippen LogP contribution in [0.25, 0.3) is 0 Å². The number of imide groups is 2. The summed E-state index contributed by atoms with van der Waals surface area (Å²) in [7, 11) is 3.09. The molecule has 2 bridgehead atoms. The van der Waals surface area contributed by atoms with Gasteiger partial charge < -0.3 is 18.9 Å². The number of urea groups is 1. The molecule has 3 aromatic rings. The van der Waals surface area contributed by atoms with E-state index in [1.54, 1.807) is 37.4 Å². The number of hydrogen-bond acceptors (Lipinski definition) is 7. The zero-order valence-electron chi connectivity index (χ0n) is 23.7. The molecule has 3 aliphatic rings. The summed E-state index contributed by atoms with van der Waals surface area (Å²) < 4.78 is 12.8. The summed E-state index contributed by atoms with van der Waals surface area (Å²) in [5.74, 6) is 0.222. The second-order valence-corrected chi connectivity index (χ2v) is 11.5. The van der Waals surface area contributed by atoms with Gasteiger partial charge in [-0.05, 0) is 35.6 Å². The minimum atomic E-state index is -1.59. The van der Waals surface area contributed by atoms with Gasteiger partial charge in [0.1, 0.15) is 16.9 Å². The lowest BCUT2D eigenvalue weighted by molar-refractivity contribution is -0.154. The van der Waals surface area contributed by atoms with E-state index in [1.807, 2.05) is 41.0 Å². The normalized spacial score (nSPS) is 23.8. The molecule has 0 saturated carbocycles. The number of barbiturate groups is 1. The van der Waals surface area contributed by atoms with E-state index >= 15 is 0 Å². The van der Waals surface area contributed by atoms with E-state index in [-0.39, 0.29) is 36.9 Å². The molecule has 1 aromatic heterocycles. The number of carbonyl (C=O) groups is 3. The Kier molecular flexibility index (Phi) is 7.32. The highest BCUT2D eigenvalue weighted by atomic mass is 16.5. The Labute approximate surface area is 243 Å². The fourth-order valence-corrected chi connectivity index (χ4v) is 6.82. The Morgan fingerprint density at radius 3 is 2.48 bits per heavy atom. The van der Waals surface area contributed by atoms with Crippen LogP contribution < -0.4 is 20.3 Å². The predicted octanol–water partition coefficient (Wildman–Crippen LogP) is 2.79. The standard InChI is InChI=1S/C32H34N4O6/c1-41-25-12-11-23(27(14-25)42-2)15-32(29(38)33-31(40)36(30(32)39)17-21-7-4-3-5-8-21)20-34-16-22-13-24(19-34)26-9-6-10-28(37)35(26)18-22/h3-12,14,22,24H,13,15-20H2,1-2H3,(H,33,38,40). The first kappa shape index (κ1) is 27.7. The van der Waals surface area contributed by atoms with Crippen LogP contribution in [0, 0.1) is 11.3 Å². The van der Waals surface area contributed by atoms with Gasteiger partial charge in [-0.3, -0.25) is 24.6 Å². The molecule has 2 fully saturated rings. The van der Waals surface area contributed by atoms with Crippen LogP contribution >= 0.6 is 0 Å². The Morgan fingerprint density at radius 2 is 1.71 bits per heavy atom. The molecule has 2 aromatic carbocycles. The number of ether oxygens (including phenoxy) is 2. The third-order valence-electron chi connectivity index (χ3n) is 8.77. The summed E-state index contributed by atoms with van der Waals surface area (Å²) >= 11 is 0. The molecule has 10 heteroatoms. The van der Waals surface area contributed by atoms with Gasteiger partial charge in [0.2, 0.25) is 11.8 Å². The van der Waals surface area contributed by atoms with Gasteiger partial charge in [0.05, 0.1) is 20.8 Å². The number of piperidine rings is 1. The van der Waals surface area contributed by atoms with Crippen molar-refractivity contribution in [3.05, 3.63) is 93.9 Å². The molecule has 218 valence electrons. The highest BCUT2D eigenvalue weighted by Crippen LogP contribution is 2.40. The lowest BCUT2D eigenvalue weighted by Gasteiger charge is -2.47. The molecule has 3 atom stereocenters. The molecule has 0 radical (unpaired) electrons. The molecule has 3 unspecified atom stereocenters. The maximum atomic E-state index is 14.5. The number of carbonyl (C=O) groups excluding carboxylic acids is 3. The number of hydrogen-bond donors (Lipinski definition) is 1. The van der Waals surface area contributed by atoms with Gasteiger partial charge in [-0.2, -0.15) is 0 Å². The molecule has 4 amide bonds. The van der Waals surface area contributed by atoms with Crippen LogP contribution in [0.1, 0.15) is 29.2 Å². The van der Waals surface area contributed by atoms with E-state index in [0.29, 0.717) is 36.7 Å². The SMILES string of the molecule is COc1ccc(CC2(CN3CC4CC(C3)c3cccc(=O)n3C4)C(=O)NC(=O)N(Cc3ccccc3)C2=O)c(OC)c1. The number of rotatable bonds is 8. The monoisotopic (exact) mass is 570 g/mol. The lowest BCUT2D eigenvalue weighted by atomic mass is 9.75. The van der Waals surface area contributed by atoms with E-state index in [1.165, 1.54) is 7.11 Å². The highest BCUT2D eigenvalue weighted by molar-refractivity contribution is 6.19. The minimum Gasteiger partial charge on any atom is -0.497 e. The summed E-state index contributed by atoms with van der Waals surface area (Å²) in [6.07, 6.45) is 0.975. The van der Waals surface area contributed by atoms with Crippen molar-refractivity contribution in [3.8, 4) is 11.5 Å². The van der Waals surface area contributed by atoms with Gasteiger partial charge in [0.25, 0.3) is 5.56 Å². The van der Waals surface area contributed by atoms with Gasteiger partial charge in [0, 0.05) is 56.3 Å². The quantitative estimate of drug-likeness (QED) is 0.415. The van der Waals surface area contributed by atoms with Gasteiger partial charge in [-0.25, -0.2) is 4.79 Å². The van der Waals surface area contributed by atoms with Crippen LogP contribution in [0.2, 0.25) is 0 Å². The number of methoxy groups -OCH3 is 2. The van der Waals surface area contributed by atoms with Crippen LogP contribution in [0.5, 0.6) is 11.5 Å². The van der Waals surface area contributed by atoms with Crippen molar-refractivity contribution < 1.29 is 23.9 Å². The summed E-state index contributed by atoms with van der Waals surface area (Å²) in [5, 5.41) is 2.50. The van der Waals surface area contributed by atoms with E-state index < -0.39 is 23.3 Å². The maximum absolute atomic E-state index is 14.5. The van der Waals surface area contributed by atoms with Gasteiger partial charge in [-0.15, -0.1) is 0 Å². The van der Waals surface area contributed by atoms with Crippen LogP contribution in [0.3, 0.4) is 0 Å². The molecule has 0 aliphatic carbocycles. The molecule has 42 heavy (non-hydrogen) atoms. The molecule has 0 spiro atoms. The average Bonchev–Trinajstić information content (AvgIpc) is 2.99. The van der Waals surface area contributed by atoms with Crippen molar-refractivity contribution >= 4 is 17.8 Å². The number of nitrogens with one attached hydrogen (secondary N) is 1. The van der Waals surface area contributed by atoms with Gasteiger partial charge in [-0.1, -0.05) is 42.5 Å². The topological polar surface area (TPSA) is 110 Å². The molecule has 3 aliphatic heterocycles. The number of nitrogens with zero attached hydrogens (tertiary/aromatic N) is 3. The fourth-order valence-electron chi connectivity index (χ4n) is 6.82. The predicted molar refractivity (Wildman–Crippen MR) is 154 cm³/mol. The van der Waals surface area contributed by atoms with Crippen molar-refractivity contribution in [2.75, 3.05) is 33.9 Å². The second-order valence-electron chi connectivity index (χ2n) is 11.5. The maximum Gasteiger partial charge on any atom is 0.331 e. The lowest BCUT2D eigenvalue weighted by Crippen LogP contribution is -2.67. The summed E-state index contributed by atoms with van der Waals surface area (Å²) in [4.78, 5) is 57.3. The number of aromatic nitrogens is 1. The Bertz CT molecular complexity index is 1590. The summed E-state index contributed by atoms with van der Waals surface area (Å²) in [6.45, 7) is 1.98. The number of pyridine rings is 1. The Balaban J connectivity index is 1.38. The molecule has 2 saturated heterocycles. The van der Waals surface area contributed by atoms with Crippen molar-refractivity contribution in [1.29, 1.82) is 0 Å². The van der Waals surface area contributed by atoms with E-state index in [9.17, 15) is 19.2 Å².